The zero-order valence-corrected chi connectivity index (χ0v) is 13.1. The van der Waals surface area contributed by atoms with E-state index in [2.05, 4.69) is 17.0 Å². The van der Waals surface area contributed by atoms with Gasteiger partial charge in [-0.25, -0.2) is 9.29 Å². The van der Waals surface area contributed by atoms with E-state index in [4.69, 9.17) is 0 Å². The van der Waals surface area contributed by atoms with Crippen molar-refractivity contribution in [2.75, 3.05) is 11.4 Å². The molecular weight excluding hydrogens is 307 g/mol. The van der Waals surface area contributed by atoms with E-state index in [-0.39, 0.29) is 24.1 Å². The van der Waals surface area contributed by atoms with Crippen LogP contribution in [-0.2, 0) is 22.6 Å². The van der Waals surface area contributed by atoms with Crippen LogP contribution in [0.15, 0.2) is 48.5 Å². The van der Waals surface area contributed by atoms with Gasteiger partial charge in [-0.1, -0.05) is 24.3 Å². The Morgan fingerprint density at radius 3 is 2.42 bits per heavy atom. The van der Waals surface area contributed by atoms with Gasteiger partial charge in [0, 0.05) is 13.1 Å². The van der Waals surface area contributed by atoms with Crippen molar-refractivity contribution >= 4 is 17.5 Å². The molecule has 122 valence electrons. The van der Waals surface area contributed by atoms with Crippen LogP contribution in [0.25, 0.3) is 0 Å². The minimum absolute atomic E-state index is 0.179. The summed E-state index contributed by atoms with van der Waals surface area (Å²) >= 11 is 0. The number of carbonyl (C=O) groups is 2. The maximum Gasteiger partial charge on any atom is 0.251 e. The average Bonchev–Trinajstić information content (AvgIpc) is 2.90. The number of anilines is 1. The first kappa shape index (κ1) is 15.0. The van der Waals surface area contributed by atoms with Gasteiger partial charge in [-0.2, -0.15) is 0 Å². The number of hydrogen-bond donors (Lipinski definition) is 0. The van der Waals surface area contributed by atoms with Crippen molar-refractivity contribution < 1.29 is 14.0 Å². The molecule has 0 bridgehead atoms. The predicted octanol–water partition coefficient (Wildman–Crippen LogP) is 2.52. The number of rotatable bonds is 2. The number of halogens is 1. The van der Waals surface area contributed by atoms with E-state index in [0.717, 1.165) is 13.0 Å². The van der Waals surface area contributed by atoms with E-state index in [9.17, 15) is 14.0 Å². The molecule has 0 spiro atoms. The third-order valence-electron chi connectivity index (χ3n) is 4.81. The fraction of sp³-hybridized carbons (Fsp3) is 0.263. The lowest BCUT2D eigenvalue weighted by molar-refractivity contribution is -0.123. The van der Waals surface area contributed by atoms with Gasteiger partial charge in [-0.3, -0.25) is 14.5 Å². The van der Waals surface area contributed by atoms with Gasteiger partial charge in [-0.15, -0.1) is 0 Å². The standard InChI is InChI=1S/C19H17FN2O2/c20-15-5-7-16(8-6-15)22-18(23)11-17(19(22)24)21-10-9-13-3-1-2-4-14(13)12-21/h1-8,17H,9-12H2/t17-/m0/s1. The van der Waals surface area contributed by atoms with E-state index in [1.165, 1.54) is 40.3 Å². The van der Waals surface area contributed by atoms with Crippen molar-refractivity contribution in [3.8, 4) is 0 Å². The molecule has 0 N–H and O–H groups in total. The Morgan fingerprint density at radius 1 is 0.958 bits per heavy atom. The second-order valence-corrected chi connectivity index (χ2v) is 6.25. The molecule has 4 rings (SSSR count). The molecule has 2 heterocycles. The van der Waals surface area contributed by atoms with Gasteiger partial charge in [0.05, 0.1) is 18.2 Å². The lowest BCUT2D eigenvalue weighted by atomic mass is 9.98. The summed E-state index contributed by atoms with van der Waals surface area (Å²) in [6.45, 7) is 1.44. The molecule has 5 heteroatoms. The van der Waals surface area contributed by atoms with E-state index in [1.807, 2.05) is 12.1 Å². The van der Waals surface area contributed by atoms with Crippen molar-refractivity contribution in [3.63, 3.8) is 0 Å². The number of nitrogens with zero attached hydrogens (tertiary/aromatic N) is 2. The highest BCUT2D eigenvalue weighted by Gasteiger charge is 2.43. The molecule has 0 unspecified atom stereocenters. The van der Waals surface area contributed by atoms with Crippen molar-refractivity contribution in [3.05, 3.63) is 65.5 Å². The second-order valence-electron chi connectivity index (χ2n) is 6.25. The summed E-state index contributed by atoms with van der Waals surface area (Å²) in [7, 11) is 0. The Bertz CT molecular complexity index is 803. The van der Waals surface area contributed by atoms with Crippen LogP contribution in [0.5, 0.6) is 0 Å². The van der Waals surface area contributed by atoms with Crippen molar-refractivity contribution in [1.29, 1.82) is 0 Å². The van der Waals surface area contributed by atoms with Crippen LogP contribution in [0.4, 0.5) is 10.1 Å². The summed E-state index contributed by atoms with van der Waals surface area (Å²) in [4.78, 5) is 28.4. The quantitative estimate of drug-likeness (QED) is 0.797. The Hall–Kier alpha value is -2.53. The summed E-state index contributed by atoms with van der Waals surface area (Å²) in [6.07, 6.45) is 1.06. The predicted molar refractivity (Wildman–Crippen MR) is 87.9 cm³/mol. The molecule has 0 aromatic heterocycles. The summed E-state index contributed by atoms with van der Waals surface area (Å²) in [5, 5.41) is 0. The summed E-state index contributed by atoms with van der Waals surface area (Å²) in [5.74, 6) is -0.830. The number of carbonyl (C=O) groups excluding carboxylic acids is 2. The first-order valence-electron chi connectivity index (χ1n) is 8.07. The highest BCUT2D eigenvalue weighted by molar-refractivity contribution is 6.22. The molecule has 2 aliphatic rings. The van der Waals surface area contributed by atoms with Crippen LogP contribution >= 0.6 is 0 Å². The monoisotopic (exact) mass is 324 g/mol. The molecule has 0 radical (unpaired) electrons. The van der Waals surface area contributed by atoms with Gasteiger partial charge < -0.3 is 0 Å². The lowest BCUT2D eigenvalue weighted by Gasteiger charge is -2.32. The zero-order valence-electron chi connectivity index (χ0n) is 13.1. The minimum Gasteiger partial charge on any atom is -0.287 e. The topological polar surface area (TPSA) is 40.6 Å². The molecule has 0 saturated carbocycles. The number of benzene rings is 2. The minimum atomic E-state index is -0.434. The summed E-state index contributed by atoms with van der Waals surface area (Å²) in [5.41, 5.74) is 2.96. The van der Waals surface area contributed by atoms with Crippen molar-refractivity contribution in [2.45, 2.75) is 25.4 Å². The molecule has 4 nitrogen and oxygen atoms in total. The molecule has 1 fully saturated rings. The number of imide groups is 1. The fourth-order valence-corrected chi connectivity index (χ4v) is 3.55. The summed E-state index contributed by atoms with van der Waals surface area (Å²) in [6, 6.07) is 13.2. The molecule has 2 aromatic rings. The maximum atomic E-state index is 13.1. The van der Waals surface area contributed by atoms with Crippen LogP contribution < -0.4 is 4.90 Å². The van der Waals surface area contributed by atoms with Crippen LogP contribution in [0.3, 0.4) is 0 Å². The van der Waals surface area contributed by atoms with Crippen molar-refractivity contribution in [1.82, 2.24) is 4.90 Å². The first-order valence-corrected chi connectivity index (χ1v) is 8.07. The molecule has 1 atom stereocenters. The van der Waals surface area contributed by atoms with Crippen LogP contribution in [0, 0.1) is 5.82 Å². The SMILES string of the molecule is O=C1C[C@H](N2CCc3ccccc3C2)C(=O)N1c1ccc(F)cc1. The number of amides is 2. The van der Waals surface area contributed by atoms with Crippen LogP contribution in [0.2, 0.25) is 0 Å². The maximum absolute atomic E-state index is 13.1. The third-order valence-corrected chi connectivity index (χ3v) is 4.81. The fourth-order valence-electron chi connectivity index (χ4n) is 3.55. The Morgan fingerprint density at radius 2 is 1.67 bits per heavy atom. The molecule has 2 aromatic carbocycles. The summed E-state index contributed by atoms with van der Waals surface area (Å²) < 4.78 is 13.1. The molecule has 2 amide bonds. The lowest BCUT2D eigenvalue weighted by Crippen LogP contribution is -2.44. The van der Waals surface area contributed by atoms with E-state index >= 15 is 0 Å². The zero-order chi connectivity index (χ0) is 16.7. The average molecular weight is 324 g/mol. The van der Waals surface area contributed by atoms with E-state index in [1.54, 1.807) is 0 Å². The van der Waals surface area contributed by atoms with Gasteiger partial charge in [0.1, 0.15) is 5.82 Å². The van der Waals surface area contributed by atoms with Crippen molar-refractivity contribution in [2.24, 2.45) is 0 Å². The number of hydrogen-bond acceptors (Lipinski definition) is 3. The van der Waals surface area contributed by atoms with Gasteiger partial charge in [0.25, 0.3) is 5.91 Å². The van der Waals surface area contributed by atoms with E-state index in [0.29, 0.717) is 12.2 Å². The third kappa shape index (κ3) is 2.51. The molecular formula is C19H17FN2O2. The first-order chi connectivity index (χ1) is 11.6. The van der Waals surface area contributed by atoms with Gasteiger partial charge in [0.2, 0.25) is 5.91 Å². The van der Waals surface area contributed by atoms with Gasteiger partial charge >= 0.3 is 0 Å². The Balaban J connectivity index is 1.57. The smallest absolute Gasteiger partial charge is 0.251 e. The molecule has 0 aliphatic carbocycles. The van der Waals surface area contributed by atoms with Crippen LogP contribution in [-0.4, -0.2) is 29.3 Å². The molecule has 24 heavy (non-hydrogen) atoms. The van der Waals surface area contributed by atoms with Gasteiger partial charge in [0.15, 0.2) is 0 Å². The second kappa shape index (κ2) is 5.83. The van der Waals surface area contributed by atoms with Gasteiger partial charge in [-0.05, 0) is 41.8 Å². The Labute approximate surface area is 139 Å². The highest BCUT2D eigenvalue weighted by Crippen LogP contribution is 2.29. The van der Waals surface area contributed by atoms with Crippen LogP contribution in [0.1, 0.15) is 17.5 Å². The Kier molecular flexibility index (Phi) is 3.65. The van der Waals surface area contributed by atoms with E-state index < -0.39 is 6.04 Å². The number of fused-ring (bicyclic) bond motifs is 1. The molecule has 2 aliphatic heterocycles. The molecule has 1 saturated heterocycles. The normalized spacial score (nSPS) is 21.2. The largest absolute Gasteiger partial charge is 0.287 e. The highest BCUT2D eigenvalue weighted by atomic mass is 19.1.